The standard InChI is InChI=1S/C6H5ClN4O2S2/c7-3-1-2-4-6(10-14-9-4)5(3)11-15(8,12)13/h1-2,11H,(H2,8,12,13). The summed E-state index contributed by atoms with van der Waals surface area (Å²) < 4.78 is 31.7. The molecular formula is C6H5ClN4O2S2. The van der Waals surface area contributed by atoms with Gasteiger partial charge in [0, 0.05) is 0 Å². The van der Waals surface area contributed by atoms with Gasteiger partial charge in [0.1, 0.15) is 11.0 Å². The van der Waals surface area contributed by atoms with Gasteiger partial charge in [-0.3, -0.25) is 4.72 Å². The number of halogens is 1. The second kappa shape index (κ2) is 3.56. The zero-order chi connectivity index (χ0) is 11.1. The smallest absolute Gasteiger partial charge is 0.267 e. The normalized spacial score (nSPS) is 11.9. The fraction of sp³-hybridized carbons (Fsp3) is 0. The van der Waals surface area contributed by atoms with Crippen LogP contribution in [-0.2, 0) is 10.2 Å². The van der Waals surface area contributed by atoms with Crippen LogP contribution in [0.2, 0.25) is 5.02 Å². The molecular weight excluding hydrogens is 260 g/mol. The number of hydrogen-bond donors (Lipinski definition) is 2. The van der Waals surface area contributed by atoms with E-state index in [2.05, 4.69) is 13.5 Å². The molecule has 3 N–H and O–H groups in total. The molecule has 1 heterocycles. The number of anilines is 1. The molecule has 0 aliphatic heterocycles. The maximum Gasteiger partial charge on any atom is 0.296 e. The van der Waals surface area contributed by atoms with E-state index >= 15 is 0 Å². The van der Waals surface area contributed by atoms with Crippen LogP contribution >= 0.6 is 23.3 Å². The predicted octanol–water partition coefficient (Wildman–Crippen LogP) is 0.960. The van der Waals surface area contributed by atoms with E-state index in [-0.39, 0.29) is 10.7 Å². The number of nitrogens with zero attached hydrogens (tertiary/aromatic N) is 2. The van der Waals surface area contributed by atoms with Gasteiger partial charge < -0.3 is 0 Å². The van der Waals surface area contributed by atoms with Crippen LogP contribution in [0.25, 0.3) is 11.0 Å². The molecule has 1 aromatic carbocycles. The molecule has 0 amide bonds. The first-order valence-corrected chi connectivity index (χ1v) is 6.34. The molecule has 0 aliphatic rings. The summed E-state index contributed by atoms with van der Waals surface area (Å²) in [4.78, 5) is 0. The Morgan fingerprint density at radius 3 is 2.80 bits per heavy atom. The van der Waals surface area contributed by atoms with Crippen LogP contribution in [0.15, 0.2) is 12.1 Å². The Morgan fingerprint density at radius 1 is 1.40 bits per heavy atom. The molecule has 2 aromatic rings. The van der Waals surface area contributed by atoms with Gasteiger partial charge in [0.15, 0.2) is 0 Å². The van der Waals surface area contributed by atoms with E-state index in [0.29, 0.717) is 11.0 Å². The molecule has 9 heteroatoms. The van der Waals surface area contributed by atoms with E-state index in [1.807, 2.05) is 0 Å². The SMILES string of the molecule is NS(=O)(=O)Nc1c(Cl)ccc2nsnc12. The van der Waals surface area contributed by atoms with Crippen molar-refractivity contribution in [3.8, 4) is 0 Å². The van der Waals surface area contributed by atoms with Gasteiger partial charge in [0.2, 0.25) is 0 Å². The van der Waals surface area contributed by atoms with Gasteiger partial charge in [-0.1, -0.05) is 11.6 Å². The molecule has 15 heavy (non-hydrogen) atoms. The Kier molecular flexibility index (Phi) is 2.51. The topological polar surface area (TPSA) is 98.0 Å². The molecule has 0 radical (unpaired) electrons. The van der Waals surface area contributed by atoms with Crippen molar-refractivity contribution in [1.29, 1.82) is 0 Å². The van der Waals surface area contributed by atoms with E-state index in [4.69, 9.17) is 16.7 Å². The van der Waals surface area contributed by atoms with Crippen molar-refractivity contribution in [1.82, 2.24) is 8.75 Å². The van der Waals surface area contributed by atoms with Crippen LogP contribution in [0.4, 0.5) is 5.69 Å². The highest BCUT2D eigenvalue weighted by molar-refractivity contribution is 7.90. The molecule has 0 saturated heterocycles. The highest BCUT2D eigenvalue weighted by Crippen LogP contribution is 2.30. The maximum absolute atomic E-state index is 10.9. The van der Waals surface area contributed by atoms with Crippen molar-refractivity contribution in [2.45, 2.75) is 0 Å². The average molecular weight is 265 g/mol. The van der Waals surface area contributed by atoms with Crippen LogP contribution in [0.1, 0.15) is 0 Å². The third kappa shape index (κ3) is 2.17. The van der Waals surface area contributed by atoms with E-state index in [9.17, 15) is 8.42 Å². The monoisotopic (exact) mass is 264 g/mol. The number of aromatic nitrogens is 2. The van der Waals surface area contributed by atoms with Crippen molar-refractivity contribution >= 4 is 50.3 Å². The van der Waals surface area contributed by atoms with Crippen molar-refractivity contribution in [2.24, 2.45) is 5.14 Å². The molecule has 0 fully saturated rings. The minimum atomic E-state index is -3.87. The van der Waals surface area contributed by atoms with Gasteiger partial charge in [-0.15, -0.1) is 0 Å². The summed E-state index contributed by atoms with van der Waals surface area (Å²) in [6, 6.07) is 3.17. The quantitative estimate of drug-likeness (QED) is 0.844. The van der Waals surface area contributed by atoms with Crippen molar-refractivity contribution in [3.63, 3.8) is 0 Å². The summed E-state index contributed by atoms with van der Waals surface area (Å²) in [6.07, 6.45) is 0. The summed E-state index contributed by atoms with van der Waals surface area (Å²) >= 11 is 6.79. The largest absolute Gasteiger partial charge is 0.296 e. The summed E-state index contributed by atoms with van der Waals surface area (Å²) in [7, 11) is -3.87. The first kappa shape index (κ1) is 10.6. The lowest BCUT2D eigenvalue weighted by atomic mass is 10.3. The number of nitrogens with one attached hydrogen (secondary N) is 1. The minimum Gasteiger partial charge on any atom is -0.267 e. The molecule has 0 unspecified atom stereocenters. The van der Waals surface area contributed by atoms with E-state index < -0.39 is 10.2 Å². The predicted molar refractivity (Wildman–Crippen MR) is 59.2 cm³/mol. The third-order valence-electron chi connectivity index (χ3n) is 1.62. The molecule has 0 aliphatic carbocycles. The molecule has 1 aromatic heterocycles. The second-order valence-electron chi connectivity index (χ2n) is 2.70. The van der Waals surface area contributed by atoms with Crippen LogP contribution in [0.3, 0.4) is 0 Å². The number of rotatable bonds is 2. The minimum absolute atomic E-state index is 0.158. The lowest BCUT2D eigenvalue weighted by molar-refractivity contribution is 0.603. The van der Waals surface area contributed by atoms with Crippen LogP contribution in [-0.4, -0.2) is 17.2 Å². The zero-order valence-corrected chi connectivity index (χ0v) is 9.53. The van der Waals surface area contributed by atoms with Gasteiger partial charge >= 0.3 is 0 Å². The number of nitrogens with two attached hydrogens (primary N) is 1. The lowest BCUT2D eigenvalue weighted by Gasteiger charge is -2.05. The second-order valence-corrected chi connectivity index (χ2v) is 4.93. The van der Waals surface area contributed by atoms with E-state index in [0.717, 1.165) is 11.7 Å². The number of fused-ring (bicyclic) bond motifs is 1. The number of hydrogen-bond acceptors (Lipinski definition) is 5. The molecule has 0 spiro atoms. The van der Waals surface area contributed by atoms with Gasteiger partial charge in [-0.2, -0.15) is 17.2 Å². The molecule has 0 saturated carbocycles. The Labute approximate surface area is 94.6 Å². The maximum atomic E-state index is 10.9. The van der Waals surface area contributed by atoms with Gasteiger partial charge in [-0.05, 0) is 12.1 Å². The van der Waals surface area contributed by atoms with Gasteiger partial charge in [0.05, 0.1) is 22.4 Å². The van der Waals surface area contributed by atoms with Crippen LogP contribution < -0.4 is 9.86 Å². The molecule has 80 valence electrons. The average Bonchev–Trinajstić information content (AvgIpc) is 2.56. The molecule has 2 rings (SSSR count). The summed E-state index contributed by atoms with van der Waals surface area (Å²) in [6.45, 7) is 0. The van der Waals surface area contributed by atoms with Crippen molar-refractivity contribution < 1.29 is 8.42 Å². The van der Waals surface area contributed by atoms with Gasteiger partial charge in [-0.25, -0.2) is 5.14 Å². The van der Waals surface area contributed by atoms with E-state index in [1.54, 1.807) is 6.07 Å². The number of benzene rings is 1. The Bertz CT molecular complexity index is 609. The summed E-state index contributed by atoms with van der Waals surface area (Å²) in [5.74, 6) is 0. The Morgan fingerprint density at radius 2 is 2.13 bits per heavy atom. The van der Waals surface area contributed by atoms with Crippen molar-refractivity contribution in [2.75, 3.05) is 4.72 Å². The van der Waals surface area contributed by atoms with E-state index in [1.165, 1.54) is 6.07 Å². The molecule has 6 nitrogen and oxygen atoms in total. The first-order chi connectivity index (χ1) is 6.97. The fourth-order valence-electron chi connectivity index (χ4n) is 1.07. The highest BCUT2D eigenvalue weighted by atomic mass is 35.5. The first-order valence-electron chi connectivity index (χ1n) is 3.69. The lowest BCUT2D eigenvalue weighted by Crippen LogP contribution is -2.22. The third-order valence-corrected chi connectivity index (χ3v) is 2.97. The summed E-state index contributed by atoms with van der Waals surface area (Å²) in [5.41, 5.74) is 1.11. The summed E-state index contributed by atoms with van der Waals surface area (Å²) in [5, 5.41) is 5.08. The van der Waals surface area contributed by atoms with Gasteiger partial charge in [0.25, 0.3) is 10.2 Å². The molecule has 0 atom stereocenters. The van der Waals surface area contributed by atoms with Crippen LogP contribution in [0.5, 0.6) is 0 Å². The fourth-order valence-corrected chi connectivity index (χ4v) is 2.36. The Hall–Kier alpha value is -0.960. The van der Waals surface area contributed by atoms with Crippen molar-refractivity contribution in [3.05, 3.63) is 17.2 Å². The molecule has 0 bridgehead atoms. The zero-order valence-electron chi connectivity index (χ0n) is 7.14. The van der Waals surface area contributed by atoms with Crippen LogP contribution in [0, 0.1) is 0 Å². The Balaban J connectivity index is 2.67. The highest BCUT2D eigenvalue weighted by Gasteiger charge is 2.13.